The SMILES string of the molecule is CCCNC(COC)c1c(OC)cccc1OC. The van der Waals surface area contributed by atoms with Crippen LogP contribution in [0.3, 0.4) is 0 Å². The van der Waals surface area contributed by atoms with Gasteiger partial charge in [-0.05, 0) is 25.1 Å². The minimum Gasteiger partial charge on any atom is -0.496 e. The monoisotopic (exact) mass is 253 g/mol. The molecular formula is C14H23NO3. The summed E-state index contributed by atoms with van der Waals surface area (Å²) in [7, 11) is 5.03. The van der Waals surface area contributed by atoms with Gasteiger partial charge in [0.2, 0.25) is 0 Å². The van der Waals surface area contributed by atoms with Gasteiger partial charge in [-0.15, -0.1) is 0 Å². The van der Waals surface area contributed by atoms with Crippen LogP contribution in [-0.2, 0) is 4.74 Å². The van der Waals surface area contributed by atoms with Crippen molar-refractivity contribution in [1.82, 2.24) is 5.32 Å². The van der Waals surface area contributed by atoms with Gasteiger partial charge in [0.15, 0.2) is 0 Å². The number of benzene rings is 1. The Bertz CT molecular complexity index is 333. The zero-order chi connectivity index (χ0) is 13.4. The second-order valence-corrected chi connectivity index (χ2v) is 4.04. The smallest absolute Gasteiger partial charge is 0.127 e. The third-order valence-electron chi connectivity index (χ3n) is 2.79. The van der Waals surface area contributed by atoms with E-state index in [-0.39, 0.29) is 6.04 Å². The van der Waals surface area contributed by atoms with Gasteiger partial charge in [-0.1, -0.05) is 13.0 Å². The molecule has 1 N–H and O–H groups in total. The molecular weight excluding hydrogens is 230 g/mol. The zero-order valence-electron chi connectivity index (χ0n) is 11.7. The highest BCUT2D eigenvalue weighted by Gasteiger charge is 2.20. The van der Waals surface area contributed by atoms with Gasteiger partial charge in [-0.25, -0.2) is 0 Å². The summed E-state index contributed by atoms with van der Waals surface area (Å²) in [5.41, 5.74) is 1.01. The molecule has 1 aromatic carbocycles. The van der Waals surface area contributed by atoms with Gasteiger partial charge in [0.25, 0.3) is 0 Å². The van der Waals surface area contributed by atoms with E-state index in [0.717, 1.165) is 30.0 Å². The lowest BCUT2D eigenvalue weighted by atomic mass is 10.0. The first-order valence-corrected chi connectivity index (χ1v) is 6.21. The molecule has 1 unspecified atom stereocenters. The first-order chi connectivity index (χ1) is 8.78. The van der Waals surface area contributed by atoms with Crippen LogP contribution in [0.4, 0.5) is 0 Å². The number of hydrogen-bond donors (Lipinski definition) is 1. The van der Waals surface area contributed by atoms with Crippen LogP contribution in [-0.4, -0.2) is 34.5 Å². The van der Waals surface area contributed by atoms with E-state index in [4.69, 9.17) is 14.2 Å². The van der Waals surface area contributed by atoms with Crippen molar-refractivity contribution in [3.63, 3.8) is 0 Å². The highest BCUT2D eigenvalue weighted by Crippen LogP contribution is 2.34. The van der Waals surface area contributed by atoms with Crippen LogP contribution in [0.5, 0.6) is 11.5 Å². The molecule has 18 heavy (non-hydrogen) atoms. The van der Waals surface area contributed by atoms with Crippen LogP contribution in [0.15, 0.2) is 18.2 Å². The zero-order valence-corrected chi connectivity index (χ0v) is 11.7. The van der Waals surface area contributed by atoms with Crippen LogP contribution in [0.25, 0.3) is 0 Å². The van der Waals surface area contributed by atoms with Crippen molar-refractivity contribution >= 4 is 0 Å². The Morgan fingerprint density at radius 1 is 1.11 bits per heavy atom. The van der Waals surface area contributed by atoms with E-state index in [2.05, 4.69) is 12.2 Å². The highest BCUT2D eigenvalue weighted by molar-refractivity contribution is 5.47. The molecule has 0 aliphatic rings. The van der Waals surface area contributed by atoms with Crippen LogP contribution in [0.1, 0.15) is 24.9 Å². The van der Waals surface area contributed by atoms with Crippen molar-refractivity contribution in [1.29, 1.82) is 0 Å². The highest BCUT2D eigenvalue weighted by atomic mass is 16.5. The molecule has 1 aromatic rings. The van der Waals surface area contributed by atoms with E-state index < -0.39 is 0 Å². The van der Waals surface area contributed by atoms with Crippen molar-refractivity contribution in [2.24, 2.45) is 0 Å². The third kappa shape index (κ3) is 3.62. The second kappa shape index (κ2) is 7.95. The van der Waals surface area contributed by atoms with Crippen molar-refractivity contribution in [2.45, 2.75) is 19.4 Å². The van der Waals surface area contributed by atoms with E-state index >= 15 is 0 Å². The van der Waals surface area contributed by atoms with Crippen LogP contribution in [0.2, 0.25) is 0 Å². The fourth-order valence-electron chi connectivity index (χ4n) is 1.95. The molecule has 0 saturated heterocycles. The molecule has 1 rings (SSSR count). The van der Waals surface area contributed by atoms with Crippen molar-refractivity contribution in [3.05, 3.63) is 23.8 Å². The van der Waals surface area contributed by atoms with Crippen LogP contribution >= 0.6 is 0 Å². The largest absolute Gasteiger partial charge is 0.496 e. The van der Waals surface area contributed by atoms with Gasteiger partial charge in [0.05, 0.1) is 32.4 Å². The average molecular weight is 253 g/mol. The normalized spacial score (nSPS) is 12.2. The quantitative estimate of drug-likeness (QED) is 0.772. The average Bonchev–Trinajstić information content (AvgIpc) is 2.42. The maximum absolute atomic E-state index is 5.42. The summed E-state index contributed by atoms with van der Waals surface area (Å²) in [5.74, 6) is 1.64. The third-order valence-corrected chi connectivity index (χ3v) is 2.79. The fraction of sp³-hybridized carbons (Fsp3) is 0.571. The maximum atomic E-state index is 5.42. The van der Waals surface area contributed by atoms with E-state index in [1.807, 2.05) is 18.2 Å². The van der Waals surface area contributed by atoms with Crippen molar-refractivity contribution < 1.29 is 14.2 Å². The standard InChI is InChI=1S/C14H23NO3/c1-5-9-15-11(10-16-2)14-12(17-3)7-6-8-13(14)18-4/h6-8,11,15H,5,9-10H2,1-4H3. The number of ether oxygens (including phenoxy) is 3. The molecule has 102 valence electrons. The molecule has 0 amide bonds. The Hall–Kier alpha value is -1.26. The Morgan fingerprint density at radius 3 is 2.17 bits per heavy atom. The molecule has 0 fully saturated rings. The summed E-state index contributed by atoms with van der Waals surface area (Å²) in [6.45, 7) is 3.64. The summed E-state index contributed by atoms with van der Waals surface area (Å²) < 4.78 is 16.1. The second-order valence-electron chi connectivity index (χ2n) is 4.04. The molecule has 0 aliphatic carbocycles. The Balaban J connectivity index is 3.06. The lowest BCUT2D eigenvalue weighted by Crippen LogP contribution is -2.26. The summed E-state index contributed by atoms with van der Waals surface area (Å²) >= 11 is 0. The van der Waals surface area contributed by atoms with E-state index in [9.17, 15) is 0 Å². The van der Waals surface area contributed by atoms with Gasteiger partial charge in [0.1, 0.15) is 11.5 Å². The Kier molecular flexibility index (Phi) is 6.54. The topological polar surface area (TPSA) is 39.7 Å². The van der Waals surface area contributed by atoms with E-state index in [0.29, 0.717) is 6.61 Å². The molecule has 0 radical (unpaired) electrons. The molecule has 0 spiro atoms. The first-order valence-electron chi connectivity index (χ1n) is 6.21. The lowest BCUT2D eigenvalue weighted by Gasteiger charge is -2.22. The number of methoxy groups -OCH3 is 3. The van der Waals surface area contributed by atoms with E-state index in [1.165, 1.54) is 0 Å². The molecule has 4 nitrogen and oxygen atoms in total. The Labute approximate surface area is 109 Å². The van der Waals surface area contributed by atoms with Gasteiger partial charge in [-0.3, -0.25) is 0 Å². The van der Waals surface area contributed by atoms with E-state index in [1.54, 1.807) is 21.3 Å². The van der Waals surface area contributed by atoms with Gasteiger partial charge < -0.3 is 19.5 Å². The van der Waals surface area contributed by atoms with Crippen LogP contribution in [0, 0.1) is 0 Å². The fourth-order valence-corrected chi connectivity index (χ4v) is 1.95. The number of hydrogen-bond acceptors (Lipinski definition) is 4. The molecule has 0 aromatic heterocycles. The number of nitrogens with one attached hydrogen (secondary N) is 1. The predicted molar refractivity (Wildman–Crippen MR) is 72.5 cm³/mol. The van der Waals surface area contributed by atoms with Crippen LogP contribution < -0.4 is 14.8 Å². The Morgan fingerprint density at radius 2 is 1.72 bits per heavy atom. The summed E-state index contributed by atoms with van der Waals surface area (Å²) in [6, 6.07) is 5.87. The summed E-state index contributed by atoms with van der Waals surface area (Å²) in [4.78, 5) is 0. The molecule has 0 bridgehead atoms. The lowest BCUT2D eigenvalue weighted by molar-refractivity contribution is 0.164. The minimum atomic E-state index is 0.0704. The molecule has 0 aliphatic heterocycles. The molecule has 0 saturated carbocycles. The van der Waals surface area contributed by atoms with Crippen molar-refractivity contribution in [3.8, 4) is 11.5 Å². The van der Waals surface area contributed by atoms with Gasteiger partial charge >= 0.3 is 0 Å². The van der Waals surface area contributed by atoms with Gasteiger partial charge in [-0.2, -0.15) is 0 Å². The van der Waals surface area contributed by atoms with Gasteiger partial charge in [0, 0.05) is 7.11 Å². The maximum Gasteiger partial charge on any atom is 0.127 e. The molecule has 4 heteroatoms. The summed E-state index contributed by atoms with van der Waals surface area (Å²) in [6.07, 6.45) is 1.07. The predicted octanol–water partition coefficient (Wildman–Crippen LogP) is 2.39. The minimum absolute atomic E-state index is 0.0704. The van der Waals surface area contributed by atoms with Crippen molar-refractivity contribution in [2.75, 3.05) is 34.5 Å². The number of rotatable bonds is 8. The molecule has 0 heterocycles. The summed E-state index contributed by atoms with van der Waals surface area (Å²) in [5, 5.41) is 3.45. The molecule has 1 atom stereocenters. The first kappa shape index (κ1) is 14.8.